The molecule has 0 aromatic rings. The normalized spacial score (nSPS) is 18.0. The molecule has 1 fully saturated rings. The summed E-state index contributed by atoms with van der Waals surface area (Å²) in [5.41, 5.74) is 0. The number of allylic oxidation sites excluding steroid dienone is 2. The average Bonchev–Trinajstić information content (AvgIpc) is 3.56. The number of carbonyl (C=O) groups excluding carboxylic acids is 1. The molecule has 0 radical (unpaired) electrons. The lowest BCUT2D eigenvalue weighted by molar-refractivity contribution is -0.302. The van der Waals surface area contributed by atoms with Gasteiger partial charge in [-0.1, -0.05) is 379 Å². The van der Waals surface area contributed by atoms with Crippen molar-refractivity contribution < 1.29 is 39.8 Å². The van der Waals surface area contributed by atoms with E-state index in [1.165, 1.54) is 347 Å². The van der Waals surface area contributed by atoms with Gasteiger partial charge >= 0.3 is 0 Å². The van der Waals surface area contributed by atoms with Crippen LogP contribution < -0.4 is 5.32 Å². The van der Waals surface area contributed by atoms with Crippen molar-refractivity contribution in [2.24, 2.45) is 0 Å². The van der Waals surface area contributed by atoms with Gasteiger partial charge in [0.1, 0.15) is 24.4 Å². The predicted octanol–water partition coefficient (Wildman–Crippen LogP) is 21.4. The molecule has 0 aromatic carbocycles. The molecule has 9 nitrogen and oxygen atoms in total. The second kappa shape index (κ2) is 65.9. The third kappa shape index (κ3) is 54.4. The van der Waals surface area contributed by atoms with Gasteiger partial charge in [-0.25, -0.2) is 0 Å². The minimum Gasteiger partial charge on any atom is -0.394 e. The molecule has 1 aliphatic heterocycles. The fourth-order valence-corrected chi connectivity index (χ4v) is 12.9. The molecule has 1 aliphatic rings. The SMILES string of the molecule is CCCCCCCCCC/C=C\CCCCCCCCCCCCCCCCCCCC(=O)NC(COC1OC(CO)C(O)C(O)C1O)C(O)CCCCCCCCCCCCCCCCCCCCCCCCCCCCCCCCCCC. The van der Waals surface area contributed by atoms with E-state index in [9.17, 15) is 30.3 Å². The highest BCUT2D eigenvalue weighted by atomic mass is 16.7. The van der Waals surface area contributed by atoms with E-state index in [1.54, 1.807) is 0 Å². The van der Waals surface area contributed by atoms with Crippen LogP contribution in [0.25, 0.3) is 0 Å². The first-order valence-electron chi connectivity index (χ1n) is 38.4. The van der Waals surface area contributed by atoms with Crippen LogP contribution in [0.15, 0.2) is 12.2 Å². The molecule has 7 atom stereocenters. The number of rotatable bonds is 69. The van der Waals surface area contributed by atoms with Gasteiger partial charge in [0.25, 0.3) is 0 Å². The smallest absolute Gasteiger partial charge is 0.220 e. The van der Waals surface area contributed by atoms with Crippen molar-refractivity contribution in [2.75, 3.05) is 13.2 Å². The van der Waals surface area contributed by atoms with Gasteiger partial charge in [0.05, 0.1) is 25.4 Å². The highest BCUT2D eigenvalue weighted by Gasteiger charge is 2.44. The zero-order valence-electron chi connectivity index (χ0n) is 56.9. The van der Waals surface area contributed by atoms with E-state index in [0.717, 1.165) is 38.5 Å². The number of aliphatic hydroxyl groups excluding tert-OH is 5. The third-order valence-electron chi connectivity index (χ3n) is 18.9. The Labute approximate surface area is 528 Å². The summed E-state index contributed by atoms with van der Waals surface area (Å²) in [6.45, 7) is 3.91. The zero-order chi connectivity index (χ0) is 61.4. The molecule has 0 saturated carbocycles. The lowest BCUT2D eigenvalue weighted by Gasteiger charge is -2.40. The number of ether oxygens (including phenoxy) is 2. The molecule has 0 spiro atoms. The Morgan fingerprint density at radius 3 is 0.953 bits per heavy atom. The fraction of sp³-hybridized carbons (Fsp3) is 0.961. The number of nitrogens with one attached hydrogen (secondary N) is 1. The van der Waals surface area contributed by atoms with Crippen LogP contribution in [0.5, 0.6) is 0 Å². The van der Waals surface area contributed by atoms with Crippen molar-refractivity contribution in [1.29, 1.82) is 0 Å². The molecule has 6 N–H and O–H groups in total. The quantitative estimate of drug-likeness (QED) is 0.0261. The molecular formula is C76H149NO8. The van der Waals surface area contributed by atoms with Crippen LogP contribution in [-0.2, 0) is 14.3 Å². The van der Waals surface area contributed by atoms with Crippen LogP contribution in [0.3, 0.4) is 0 Å². The van der Waals surface area contributed by atoms with Crippen molar-refractivity contribution in [3.05, 3.63) is 12.2 Å². The van der Waals surface area contributed by atoms with Gasteiger partial charge in [-0.15, -0.1) is 0 Å². The lowest BCUT2D eigenvalue weighted by Crippen LogP contribution is -2.60. The Kier molecular flexibility index (Phi) is 63.5. The van der Waals surface area contributed by atoms with E-state index in [2.05, 4.69) is 31.3 Å². The molecule has 0 bridgehead atoms. The van der Waals surface area contributed by atoms with Crippen LogP contribution in [0.4, 0.5) is 0 Å². The second-order valence-electron chi connectivity index (χ2n) is 27.2. The van der Waals surface area contributed by atoms with Gasteiger partial charge in [-0.2, -0.15) is 0 Å². The second-order valence-corrected chi connectivity index (χ2v) is 27.2. The zero-order valence-corrected chi connectivity index (χ0v) is 56.9. The number of hydrogen-bond donors (Lipinski definition) is 6. The molecule has 506 valence electrons. The van der Waals surface area contributed by atoms with Crippen LogP contribution in [0, 0.1) is 0 Å². The van der Waals surface area contributed by atoms with Crippen LogP contribution in [0.2, 0.25) is 0 Å². The number of amides is 1. The first-order valence-corrected chi connectivity index (χ1v) is 38.4. The first-order chi connectivity index (χ1) is 41.8. The van der Waals surface area contributed by atoms with Gasteiger partial charge in [-0.3, -0.25) is 4.79 Å². The topological polar surface area (TPSA) is 149 Å². The molecule has 7 unspecified atom stereocenters. The molecule has 1 heterocycles. The largest absolute Gasteiger partial charge is 0.394 e. The third-order valence-corrected chi connectivity index (χ3v) is 18.9. The van der Waals surface area contributed by atoms with Gasteiger partial charge < -0.3 is 40.3 Å². The van der Waals surface area contributed by atoms with Crippen molar-refractivity contribution in [3.8, 4) is 0 Å². The van der Waals surface area contributed by atoms with Crippen molar-refractivity contribution in [1.82, 2.24) is 5.32 Å². The van der Waals surface area contributed by atoms with Gasteiger partial charge in [-0.05, 0) is 38.5 Å². The summed E-state index contributed by atoms with van der Waals surface area (Å²) < 4.78 is 11.4. The van der Waals surface area contributed by atoms with Crippen LogP contribution >= 0.6 is 0 Å². The molecule has 85 heavy (non-hydrogen) atoms. The van der Waals surface area contributed by atoms with Crippen molar-refractivity contribution in [2.45, 2.75) is 455 Å². The van der Waals surface area contributed by atoms with E-state index >= 15 is 0 Å². The molecule has 1 rings (SSSR count). The molecule has 0 aliphatic carbocycles. The summed E-state index contributed by atoms with van der Waals surface area (Å²) in [5, 5.41) is 55.0. The highest BCUT2D eigenvalue weighted by molar-refractivity contribution is 5.76. The van der Waals surface area contributed by atoms with Gasteiger partial charge in [0.15, 0.2) is 6.29 Å². The van der Waals surface area contributed by atoms with Crippen molar-refractivity contribution in [3.63, 3.8) is 0 Å². The Balaban J connectivity index is 2.06. The van der Waals surface area contributed by atoms with E-state index in [-0.39, 0.29) is 12.5 Å². The molecule has 1 saturated heterocycles. The summed E-state index contributed by atoms with van der Waals surface area (Å²) >= 11 is 0. The molecule has 1 amide bonds. The Bertz CT molecular complexity index is 1350. The molecule has 0 aromatic heterocycles. The number of hydrogen-bond acceptors (Lipinski definition) is 8. The lowest BCUT2D eigenvalue weighted by atomic mass is 9.99. The number of carbonyl (C=O) groups is 1. The monoisotopic (exact) mass is 1200 g/mol. The summed E-state index contributed by atoms with van der Waals surface area (Å²) in [7, 11) is 0. The standard InChI is InChI=1S/C76H149NO8/c1-3-5-7-9-11-13-15-17-19-21-23-25-27-29-31-33-34-35-36-38-39-41-43-45-47-49-51-53-55-57-59-61-63-65-70(79)69(68-84-76-75(83)74(82)73(81)71(67-78)85-76)77-72(80)66-64-62-60-58-56-54-52-50-48-46-44-42-40-37-32-30-28-26-24-22-20-18-16-14-12-10-8-6-4-2/h22,24,69-71,73-76,78-79,81-83H,3-21,23,25-68H2,1-2H3,(H,77,80)/b24-22-. The fourth-order valence-electron chi connectivity index (χ4n) is 12.9. The Morgan fingerprint density at radius 1 is 0.388 bits per heavy atom. The predicted molar refractivity (Wildman–Crippen MR) is 364 cm³/mol. The summed E-state index contributed by atoms with van der Waals surface area (Å²) in [6.07, 6.45) is 78.8. The molecular weight excluding hydrogens is 1050 g/mol. The molecule has 9 heteroatoms. The van der Waals surface area contributed by atoms with Gasteiger partial charge in [0, 0.05) is 6.42 Å². The van der Waals surface area contributed by atoms with Crippen molar-refractivity contribution >= 4 is 5.91 Å². The van der Waals surface area contributed by atoms with E-state index in [1.807, 2.05) is 0 Å². The van der Waals surface area contributed by atoms with Crippen LogP contribution in [0.1, 0.15) is 412 Å². The summed E-state index contributed by atoms with van der Waals surface area (Å²) in [5.74, 6) is -0.134. The maximum Gasteiger partial charge on any atom is 0.220 e. The first kappa shape index (κ1) is 81.9. The van der Waals surface area contributed by atoms with E-state index < -0.39 is 49.5 Å². The number of unbranched alkanes of at least 4 members (excludes halogenated alkanes) is 57. The summed E-state index contributed by atoms with van der Waals surface area (Å²) in [6, 6.07) is -0.718. The highest BCUT2D eigenvalue weighted by Crippen LogP contribution is 2.24. The minimum atomic E-state index is -1.55. The minimum absolute atomic E-state index is 0.132. The maximum absolute atomic E-state index is 13.2. The van der Waals surface area contributed by atoms with Crippen LogP contribution in [-0.4, -0.2) is 87.5 Å². The Hall–Kier alpha value is -1.07. The van der Waals surface area contributed by atoms with E-state index in [4.69, 9.17) is 9.47 Å². The summed E-state index contributed by atoms with van der Waals surface area (Å²) in [4.78, 5) is 13.2. The van der Waals surface area contributed by atoms with Gasteiger partial charge in [0.2, 0.25) is 5.91 Å². The number of aliphatic hydroxyl groups is 5. The van der Waals surface area contributed by atoms with E-state index in [0.29, 0.717) is 12.8 Å². The average molecular weight is 1210 g/mol. The maximum atomic E-state index is 13.2. The Morgan fingerprint density at radius 2 is 0.659 bits per heavy atom.